The van der Waals surface area contributed by atoms with E-state index in [9.17, 15) is 9.59 Å². The van der Waals surface area contributed by atoms with Gasteiger partial charge in [0.25, 0.3) is 0 Å². The van der Waals surface area contributed by atoms with Crippen molar-refractivity contribution in [2.45, 2.75) is 31.9 Å². The molecule has 1 aliphatic rings. The summed E-state index contributed by atoms with van der Waals surface area (Å²) in [6, 6.07) is 3.27. The van der Waals surface area contributed by atoms with Gasteiger partial charge in [-0.2, -0.15) is 0 Å². The summed E-state index contributed by atoms with van der Waals surface area (Å²) in [4.78, 5) is 23.4. The molecule has 0 spiro atoms. The molecule has 1 fully saturated rings. The van der Waals surface area contributed by atoms with E-state index < -0.39 is 5.97 Å². The molecule has 1 aromatic rings. The maximum atomic E-state index is 11.6. The summed E-state index contributed by atoms with van der Waals surface area (Å²) in [6.07, 6.45) is 2.39. The van der Waals surface area contributed by atoms with Crippen molar-refractivity contribution in [1.82, 2.24) is 5.32 Å². The molecular formula is C12H15NO4S. The molecule has 0 bridgehead atoms. The zero-order valence-electron chi connectivity index (χ0n) is 9.85. The van der Waals surface area contributed by atoms with E-state index in [2.05, 4.69) is 5.32 Å². The van der Waals surface area contributed by atoms with Crippen LogP contribution in [0.25, 0.3) is 0 Å². The standard InChI is InChI=1S/C12H15NO4S/c14-11(6-8-2-1-5-17-8)13-7-9-3-4-10(18-9)12(15)16/h3-4,8H,1-2,5-7H2,(H,13,14)(H,15,16). The molecule has 0 saturated carbocycles. The average Bonchev–Trinajstić information content (AvgIpc) is 2.96. The average molecular weight is 269 g/mol. The van der Waals surface area contributed by atoms with Crippen LogP contribution in [0.3, 0.4) is 0 Å². The van der Waals surface area contributed by atoms with Gasteiger partial charge in [0.15, 0.2) is 0 Å². The van der Waals surface area contributed by atoms with E-state index in [1.54, 1.807) is 12.1 Å². The van der Waals surface area contributed by atoms with E-state index in [0.717, 1.165) is 24.3 Å². The molecule has 0 radical (unpaired) electrons. The van der Waals surface area contributed by atoms with Crippen LogP contribution in [0.15, 0.2) is 12.1 Å². The van der Waals surface area contributed by atoms with Crippen molar-refractivity contribution in [1.29, 1.82) is 0 Å². The Morgan fingerprint density at radius 3 is 2.94 bits per heavy atom. The number of carbonyl (C=O) groups excluding carboxylic acids is 1. The van der Waals surface area contributed by atoms with Crippen LogP contribution in [-0.4, -0.2) is 29.7 Å². The maximum absolute atomic E-state index is 11.6. The molecule has 2 heterocycles. The van der Waals surface area contributed by atoms with Crippen LogP contribution in [0, 0.1) is 0 Å². The molecule has 1 atom stereocenters. The van der Waals surface area contributed by atoms with E-state index in [0.29, 0.717) is 17.8 Å². The maximum Gasteiger partial charge on any atom is 0.345 e. The summed E-state index contributed by atoms with van der Waals surface area (Å²) >= 11 is 1.18. The number of thiophene rings is 1. The number of amides is 1. The highest BCUT2D eigenvalue weighted by molar-refractivity contribution is 7.13. The monoisotopic (exact) mass is 269 g/mol. The highest BCUT2D eigenvalue weighted by atomic mass is 32.1. The Morgan fingerprint density at radius 1 is 1.50 bits per heavy atom. The number of carbonyl (C=O) groups is 2. The zero-order valence-corrected chi connectivity index (χ0v) is 10.7. The summed E-state index contributed by atoms with van der Waals surface area (Å²) in [7, 11) is 0. The van der Waals surface area contributed by atoms with E-state index >= 15 is 0 Å². The number of hydrogen-bond donors (Lipinski definition) is 2. The van der Waals surface area contributed by atoms with Gasteiger partial charge in [-0.3, -0.25) is 4.79 Å². The van der Waals surface area contributed by atoms with Gasteiger partial charge in [-0.1, -0.05) is 0 Å². The fraction of sp³-hybridized carbons (Fsp3) is 0.500. The number of aromatic carboxylic acids is 1. The molecule has 98 valence electrons. The zero-order chi connectivity index (χ0) is 13.0. The Labute approximate surface area is 109 Å². The first-order valence-electron chi connectivity index (χ1n) is 5.85. The Hall–Kier alpha value is -1.40. The van der Waals surface area contributed by atoms with Gasteiger partial charge in [-0.15, -0.1) is 11.3 Å². The number of carboxylic acid groups (broad SMARTS) is 1. The van der Waals surface area contributed by atoms with Crippen LogP contribution >= 0.6 is 11.3 Å². The van der Waals surface area contributed by atoms with Crippen LogP contribution in [0.2, 0.25) is 0 Å². The van der Waals surface area contributed by atoms with Gasteiger partial charge >= 0.3 is 5.97 Å². The second kappa shape index (κ2) is 5.97. The molecule has 0 aliphatic carbocycles. The van der Waals surface area contributed by atoms with Crippen molar-refractivity contribution in [3.8, 4) is 0 Å². The molecule has 2 rings (SSSR count). The summed E-state index contributed by atoms with van der Waals surface area (Å²) < 4.78 is 5.38. The Balaban J connectivity index is 1.76. The van der Waals surface area contributed by atoms with Gasteiger partial charge in [-0.25, -0.2) is 4.79 Å². The molecule has 6 heteroatoms. The van der Waals surface area contributed by atoms with E-state index in [1.165, 1.54) is 11.3 Å². The Morgan fingerprint density at radius 2 is 2.33 bits per heavy atom. The summed E-state index contributed by atoms with van der Waals surface area (Å²) in [6.45, 7) is 1.12. The van der Waals surface area contributed by atoms with E-state index in [-0.39, 0.29) is 12.0 Å². The van der Waals surface area contributed by atoms with Gasteiger partial charge in [0, 0.05) is 11.5 Å². The van der Waals surface area contributed by atoms with Crippen LogP contribution in [0.5, 0.6) is 0 Å². The molecule has 0 aromatic carbocycles. The van der Waals surface area contributed by atoms with Crippen molar-refractivity contribution in [2.24, 2.45) is 0 Å². The van der Waals surface area contributed by atoms with E-state index in [1.807, 2.05) is 0 Å². The van der Waals surface area contributed by atoms with Crippen LogP contribution in [-0.2, 0) is 16.1 Å². The van der Waals surface area contributed by atoms with Gasteiger partial charge in [0.2, 0.25) is 5.91 Å². The lowest BCUT2D eigenvalue weighted by Crippen LogP contribution is -2.26. The minimum Gasteiger partial charge on any atom is -0.477 e. The first-order valence-corrected chi connectivity index (χ1v) is 6.67. The fourth-order valence-electron chi connectivity index (χ4n) is 1.86. The molecule has 2 N–H and O–H groups in total. The molecule has 1 amide bonds. The van der Waals surface area contributed by atoms with Crippen molar-refractivity contribution in [3.05, 3.63) is 21.9 Å². The van der Waals surface area contributed by atoms with Gasteiger partial charge in [0.1, 0.15) is 4.88 Å². The smallest absolute Gasteiger partial charge is 0.345 e. The minimum absolute atomic E-state index is 0.0444. The van der Waals surface area contributed by atoms with Gasteiger partial charge in [0.05, 0.1) is 19.1 Å². The minimum atomic E-state index is -0.933. The van der Waals surface area contributed by atoms with Gasteiger partial charge < -0.3 is 15.2 Å². The molecule has 18 heavy (non-hydrogen) atoms. The van der Waals surface area contributed by atoms with Crippen molar-refractivity contribution in [2.75, 3.05) is 6.61 Å². The third-order valence-corrected chi connectivity index (χ3v) is 3.84. The predicted octanol–water partition coefficient (Wildman–Crippen LogP) is 1.63. The predicted molar refractivity (Wildman–Crippen MR) is 66.7 cm³/mol. The third-order valence-electron chi connectivity index (χ3n) is 2.77. The summed E-state index contributed by atoms with van der Waals surface area (Å²) in [5.41, 5.74) is 0. The first-order chi connectivity index (χ1) is 8.65. The number of carboxylic acids is 1. The lowest BCUT2D eigenvalue weighted by Gasteiger charge is -2.08. The lowest BCUT2D eigenvalue weighted by atomic mass is 10.2. The largest absolute Gasteiger partial charge is 0.477 e. The topological polar surface area (TPSA) is 75.6 Å². The normalized spacial score (nSPS) is 18.8. The second-order valence-corrected chi connectivity index (χ2v) is 5.36. The molecular weight excluding hydrogens is 254 g/mol. The van der Waals surface area contributed by atoms with Crippen LogP contribution < -0.4 is 5.32 Å². The Kier molecular flexibility index (Phi) is 4.33. The van der Waals surface area contributed by atoms with Crippen molar-refractivity contribution in [3.63, 3.8) is 0 Å². The number of nitrogens with one attached hydrogen (secondary N) is 1. The second-order valence-electron chi connectivity index (χ2n) is 4.19. The van der Waals surface area contributed by atoms with E-state index in [4.69, 9.17) is 9.84 Å². The number of rotatable bonds is 5. The van der Waals surface area contributed by atoms with Crippen molar-refractivity contribution < 1.29 is 19.4 Å². The van der Waals surface area contributed by atoms with Gasteiger partial charge in [-0.05, 0) is 25.0 Å². The summed E-state index contributed by atoms with van der Waals surface area (Å²) in [5, 5.41) is 11.5. The highest BCUT2D eigenvalue weighted by Gasteiger charge is 2.18. The van der Waals surface area contributed by atoms with Crippen LogP contribution in [0.4, 0.5) is 0 Å². The van der Waals surface area contributed by atoms with Crippen LogP contribution in [0.1, 0.15) is 33.8 Å². The number of hydrogen-bond acceptors (Lipinski definition) is 4. The highest BCUT2D eigenvalue weighted by Crippen LogP contribution is 2.17. The number of ether oxygens (including phenoxy) is 1. The quantitative estimate of drug-likeness (QED) is 0.852. The Bertz CT molecular complexity index is 437. The molecule has 1 aromatic heterocycles. The molecule has 1 saturated heterocycles. The molecule has 1 aliphatic heterocycles. The summed E-state index contributed by atoms with van der Waals surface area (Å²) in [5.74, 6) is -0.982. The first kappa shape index (κ1) is 13.0. The van der Waals surface area contributed by atoms with Crippen molar-refractivity contribution >= 4 is 23.2 Å². The molecule has 5 nitrogen and oxygen atoms in total. The lowest BCUT2D eigenvalue weighted by molar-refractivity contribution is -0.123. The molecule has 1 unspecified atom stereocenters. The third kappa shape index (κ3) is 3.54. The SMILES string of the molecule is O=C(CC1CCCO1)NCc1ccc(C(=O)O)s1. The fourth-order valence-corrected chi connectivity index (χ4v) is 2.64.